The largest absolute Gasteiger partial charge is 0.337 e. The lowest BCUT2D eigenvalue weighted by atomic mass is 10.2. The van der Waals surface area contributed by atoms with Crippen LogP contribution in [0.3, 0.4) is 0 Å². The normalized spacial score (nSPS) is 11.2. The molecule has 23 heavy (non-hydrogen) atoms. The zero-order valence-corrected chi connectivity index (χ0v) is 12.6. The Balaban J connectivity index is 1.79. The number of aromatic nitrogens is 4. The van der Waals surface area contributed by atoms with Crippen LogP contribution in [0.2, 0.25) is 0 Å². The van der Waals surface area contributed by atoms with E-state index < -0.39 is 6.43 Å². The molecule has 0 saturated carbocycles. The van der Waals surface area contributed by atoms with Gasteiger partial charge in [0.25, 0.3) is 18.3 Å². The maximum Gasteiger partial charge on any atom is 0.280 e. The summed E-state index contributed by atoms with van der Waals surface area (Å²) in [6.07, 6.45) is -2.61. The molecule has 0 radical (unpaired) electrons. The van der Waals surface area contributed by atoms with Gasteiger partial charge in [0.15, 0.2) is 5.69 Å². The summed E-state index contributed by atoms with van der Waals surface area (Å²) in [5.41, 5.74) is 1.13. The minimum absolute atomic E-state index is 0.113. The number of alkyl halides is 2. The van der Waals surface area contributed by atoms with Crippen molar-refractivity contribution in [3.8, 4) is 11.6 Å². The molecule has 1 aromatic carbocycles. The molecule has 0 N–H and O–H groups in total. The first-order valence-electron chi connectivity index (χ1n) is 6.96. The fourth-order valence-corrected chi connectivity index (χ4v) is 2.19. The van der Waals surface area contributed by atoms with Gasteiger partial charge in [0, 0.05) is 20.6 Å². The Bertz CT molecular complexity index is 784. The van der Waals surface area contributed by atoms with Gasteiger partial charge in [-0.2, -0.15) is 10.1 Å². The van der Waals surface area contributed by atoms with Crippen LogP contribution < -0.4 is 4.90 Å². The Morgan fingerprint density at radius 1 is 1.26 bits per heavy atom. The molecular weight excluding hydrogens is 304 g/mol. The molecule has 0 aliphatic carbocycles. The molecule has 0 amide bonds. The molecule has 0 bridgehead atoms. The van der Waals surface area contributed by atoms with Crippen LogP contribution in [0, 0.1) is 0 Å². The minimum atomic E-state index is -2.61. The third-order valence-corrected chi connectivity index (χ3v) is 3.38. The molecule has 0 saturated heterocycles. The standard InChI is InChI=1S/C15H15F2N5O/c1-21(9-10-6-4-3-5-7-10)15-18-14(23-20-15)11-8-12(13(16)17)22(2)19-11/h3-8,13H,9H2,1-2H3. The van der Waals surface area contributed by atoms with Crippen LogP contribution in [0.5, 0.6) is 0 Å². The van der Waals surface area contributed by atoms with E-state index in [4.69, 9.17) is 4.52 Å². The highest BCUT2D eigenvalue weighted by Crippen LogP contribution is 2.25. The molecule has 2 heterocycles. The molecule has 3 aromatic rings. The van der Waals surface area contributed by atoms with Crippen LogP contribution in [-0.4, -0.2) is 27.0 Å². The van der Waals surface area contributed by atoms with Crippen molar-refractivity contribution >= 4 is 5.95 Å². The van der Waals surface area contributed by atoms with Gasteiger partial charge in [-0.1, -0.05) is 30.3 Å². The van der Waals surface area contributed by atoms with Gasteiger partial charge < -0.3 is 9.42 Å². The second-order valence-corrected chi connectivity index (χ2v) is 5.12. The molecular formula is C15H15F2N5O. The molecule has 0 aliphatic heterocycles. The Morgan fingerprint density at radius 3 is 2.65 bits per heavy atom. The molecule has 0 fully saturated rings. The van der Waals surface area contributed by atoms with Crippen LogP contribution >= 0.6 is 0 Å². The lowest BCUT2D eigenvalue weighted by Crippen LogP contribution is -2.17. The van der Waals surface area contributed by atoms with E-state index >= 15 is 0 Å². The average molecular weight is 319 g/mol. The monoisotopic (exact) mass is 319 g/mol. The maximum absolute atomic E-state index is 12.8. The zero-order chi connectivity index (χ0) is 16.4. The lowest BCUT2D eigenvalue weighted by Gasteiger charge is -2.13. The highest BCUT2D eigenvalue weighted by Gasteiger charge is 2.20. The molecule has 0 unspecified atom stereocenters. The first-order valence-corrected chi connectivity index (χ1v) is 6.96. The van der Waals surface area contributed by atoms with E-state index in [2.05, 4.69) is 15.2 Å². The van der Waals surface area contributed by atoms with Crippen molar-refractivity contribution in [3.05, 3.63) is 47.7 Å². The summed E-state index contributed by atoms with van der Waals surface area (Å²) in [4.78, 5) is 6.02. The minimum Gasteiger partial charge on any atom is -0.337 e. The predicted octanol–water partition coefficient (Wildman–Crippen LogP) is 3.04. The SMILES string of the molecule is CN(Cc1ccccc1)c1noc(-c2cc(C(F)F)n(C)n2)n1. The molecule has 2 aromatic heterocycles. The predicted molar refractivity (Wildman–Crippen MR) is 80.0 cm³/mol. The Labute approximate surface area is 131 Å². The molecule has 120 valence electrons. The van der Waals surface area contributed by atoms with E-state index in [1.54, 1.807) is 4.90 Å². The summed E-state index contributed by atoms with van der Waals surface area (Å²) in [5.74, 6) is 0.482. The fourth-order valence-electron chi connectivity index (χ4n) is 2.19. The van der Waals surface area contributed by atoms with Crippen LogP contribution in [0.25, 0.3) is 11.6 Å². The van der Waals surface area contributed by atoms with Crippen LogP contribution in [0.4, 0.5) is 14.7 Å². The smallest absolute Gasteiger partial charge is 0.280 e. The van der Waals surface area contributed by atoms with Crippen molar-refractivity contribution in [2.75, 3.05) is 11.9 Å². The van der Waals surface area contributed by atoms with Gasteiger partial charge >= 0.3 is 0 Å². The number of benzene rings is 1. The topological polar surface area (TPSA) is 60.0 Å². The molecule has 0 aliphatic rings. The van der Waals surface area contributed by atoms with E-state index in [1.165, 1.54) is 13.1 Å². The zero-order valence-electron chi connectivity index (χ0n) is 12.6. The van der Waals surface area contributed by atoms with Crippen molar-refractivity contribution in [1.82, 2.24) is 19.9 Å². The van der Waals surface area contributed by atoms with E-state index in [-0.39, 0.29) is 17.3 Å². The number of hydrogen-bond donors (Lipinski definition) is 0. The van der Waals surface area contributed by atoms with Crippen molar-refractivity contribution in [3.63, 3.8) is 0 Å². The van der Waals surface area contributed by atoms with Gasteiger partial charge in [0.05, 0.1) is 0 Å². The first-order chi connectivity index (χ1) is 11.0. The second kappa shape index (κ2) is 6.15. The molecule has 8 heteroatoms. The van der Waals surface area contributed by atoms with E-state index in [1.807, 2.05) is 37.4 Å². The van der Waals surface area contributed by atoms with Crippen molar-refractivity contribution in [1.29, 1.82) is 0 Å². The summed E-state index contributed by atoms with van der Waals surface area (Å²) in [6.45, 7) is 0.602. The number of halogens is 2. The first kappa shape index (κ1) is 15.1. The quantitative estimate of drug-likeness (QED) is 0.723. The van der Waals surface area contributed by atoms with Crippen molar-refractivity contribution < 1.29 is 13.3 Å². The summed E-state index contributed by atoms with van der Waals surface area (Å²) in [6, 6.07) is 11.1. The van der Waals surface area contributed by atoms with E-state index in [0.717, 1.165) is 10.2 Å². The van der Waals surface area contributed by atoms with Crippen molar-refractivity contribution in [2.24, 2.45) is 7.05 Å². The summed E-state index contributed by atoms with van der Waals surface area (Å²) < 4.78 is 31.8. The Kier molecular flexibility index (Phi) is 4.05. The molecule has 0 spiro atoms. The van der Waals surface area contributed by atoms with Gasteiger partial charge in [-0.05, 0) is 16.8 Å². The summed E-state index contributed by atoms with van der Waals surface area (Å²) in [5, 5.41) is 7.86. The maximum atomic E-state index is 12.8. The highest BCUT2D eigenvalue weighted by molar-refractivity contribution is 5.49. The lowest BCUT2D eigenvalue weighted by molar-refractivity contribution is 0.141. The van der Waals surface area contributed by atoms with E-state index in [0.29, 0.717) is 12.5 Å². The third-order valence-electron chi connectivity index (χ3n) is 3.38. The Hall–Kier alpha value is -2.77. The van der Waals surface area contributed by atoms with Crippen LogP contribution in [0.1, 0.15) is 17.7 Å². The summed E-state index contributed by atoms with van der Waals surface area (Å²) in [7, 11) is 3.27. The number of hydrogen-bond acceptors (Lipinski definition) is 5. The number of rotatable bonds is 5. The number of nitrogens with zero attached hydrogens (tertiary/aromatic N) is 5. The molecule has 0 atom stereocenters. The highest BCUT2D eigenvalue weighted by atomic mass is 19.3. The van der Waals surface area contributed by atoms with Gasteiger partial charge in [-0.25, -0.2) is 8.78 Å². The van der Waals surface area contributed by atoms with Crippen LogP contribution in [-0.2, 0) is 13.6 Å². The van der Waals surface area contributed by atoms with Gasteiger partial charge in [-0.15, -0.1) is 0 Å². The average Bonchev–Trinajstić information content (AvgIpc) is 3.14. The van der Waals surface area contributed by atoms with E-state index in [9.17, 15) is 8.78 Å². The van der Waals surface area contributed by atoms with Gasteiger partial charge in [-0.3, -0.25) is 4.68 Å². The molecule has 6 nitrogen and oxygen atoms in total. The number of aryl methyl sites for hydroxylation is 1. The fraction of sp³-hybridized carbons (Fsp3) is 0.267. The molecule has 3 rings (SSSR count). The number of anilines is 1. The Morgan fingerprint density at radius 2 is 2.00 bits per heavy atom. The van der Waals surface area contributed by atoms with Crippen molar-refractivity contribution in [2.45, 2.75) is 13.0 Å². The van der Waals surface area contributed by atoms with Crippen LogP contribution in [0.15, 0.2) is 40.9 Å². The van der Waals surface area contributed by atoms with Gasteiger partial charge in [0.2, 0.25) is 0 Å². The summed E-state index contributed by atoms with van der Waals surface area (Å²) >= 11 is 0. The third kappa shape index (κ3) is 3.20. The van der Waals surface area contributed by atoms with Gasteiger partial charge in [0.1, 0.15) is 5.69 Å². The second-order valence-electron chi connectivity index (χ2n) is 5.12.